The van der Waals surface area contributed by atoms with Gasteiger partial charge in [-0.25, -0.2) is 0 Å². The number of ether oxygens (including phenoxy) is 1. The summed E-state index contributed by atoms with van der Waals surface area (Å²) in [7, 11) is 0. The highest BCUT2D eigenvalue weighted by molar-refractivity contribution is 6.33. The Morgan fingerprint density at radius 2 is 1.93 bits per heavy atom. The average molecular weight is 420 g/mol. The van der Waals surface area contributed by atoms with Crippen LogP contribution in [0.4, 0.5) is 5.69 Å². The van der Waals surface area contributed by atoms with E-state index in [0.717, 1.165) is 25.3 Å². The van der Waals surface area contributed by atoms with Crippen LogP contribution in [-0.4, -0.2) is 42.7 Å². The van der Waals surface area contributed by atoms with Crippen LogP contribution in [0.3, 0.4) is 0 Å². The Hall–Kier alpha value is -1.97. The summed E-state index contributed by atoms with van der Waals surface area (Å²) in [5.74, 6) is 0.350. The van der Waals surface area contributed by atoms with Crippen molar-refractivity contribution in [1.29, 1.82) is 5.26 Å². The third kappa shape index (κ3) is 3.78. The van der Waals surface area contributed by atoms with Crippen LogP contribution < -0.4 is 9.64 Å². The molecule has 148 valence electrons. The molecule has 28 heavy (non-hydrogen) atoms. The smallest absolute Gasteiger partial charge is 0.292 e. The molecule has 7 heteroatoms. The van der Waals surface area contributed by atoms with Gasteiger partial charge in [0.1, 0.15) is 11.4 Å². The predicted molar refractivity (Wildman–Crippen MR) is 112 cm³/mol. The fraction of sp³-hybridized carbons (Fsp3) is 0.381. The third-order valence-electron chi connectivity index (χ3n) is 5.28. The van der Waals surface area contributed by atoms with E-state index in [1.54, 1.807) is 24.5 Å². The summed E-state index contributed by atoms with van der Waals surface area (Å²) in [6.45, 7) is 8.01. The van der Waals surface area contributed by atoms with Gasteiger partial charge in [-0.05, 0) is 19.2 Å². The van der Waals surface area contributed by atoms with Crippen LogP contribution >= 0.6 is 23.2 Å². The van der Waals surface area contributed by atoms with Gasteiger partial charge < -0.3 is 19.6 Å². The molecule has 0 amide bonds. The highest BCUT2D eigenvalue weighted by Gasteiger charge is 2.45. The summed E-state index contributed by atoms with van der Waals surface area (Å²) >= 11 is 13.0. The highest BCUT2D eigenvalue weighted by Crippen LogP contribution is 2.49. The fourth-order valence-electron chi connectivity index (χ4n) is 3.80. The lowest BCUT2D eigenvalue weighted by molar-refractivity contribution is 0.0978. The summed E-state index contributed by atoms with van der Waals surface area (Å²) in [4.78, 5) is 4.39. The van der Waals surface area contributed by atoms with Crippen molar-refractivity contribution < 1.29 is 9.84 Å². The quantitative estimate of drug-likeness (QED) is 0.679. The molecular formula is C21H23Cl2N3O2. The SMILES string of the molecule is CCN(CC)CCN1CC(O)(c2ccccc2Cl)c2c(Cl)cc(OC#N)cc21. The molecule has 1 atom stereocenters. The van der Waals surface area contributed by atoms with E-state index in [1.165, 1.54) is 0 Å². The third-order valence-corrected chi connectivity index (χ3v) is 5.91. The van der Waals surface area contributed by atoms with Crippen molar-refractivity contribution in [3.63, 3.8) is 0 Å². The fourth-order valence-corrected chi connectivity index (χ4v) is 4.45. The van der Waals surface area contributed by atoms with Gasteiger partial charge in [0.05, 0.1) is 11.6 Å². The molecular weight excluding hydrogens is 397 g/mol. The maximum Gasteiger partial charge on any atom is 0.292 e. The number of hydrogen-bond donors (Lipinski definition) is 1. The second kappa shape index (κ2) is 8.59. The van der Waals surface area contributed by atoms with Crippen molar-refractivity contribution in [3.05, 3.63) is 57.6 Å². The highest BCUT2D eigenvalue weighted by atomic mass is 35.5. The zero-order valence-electron chi connectivity index (χ0n) is 16.0. The van der Waals surface area contributed by atoms with Gasteiger partial charge in [0, 0.05) is 47.1 Å². The number of β-amino-alcohol motifs (C(OH)–C–C–N with tert-alkyl or cyclic N) is 1. The molecule has 1 heterocycles. The van der Waals surface area contributed by atoms with Crippen molar-refractivity contribution in [2.24, 2.45) is 0 Å². The van der Waals surface area contributed by atoms with Gasteiger partial charge in [-0.15, -0.1) is 5.26 Å². The lowest BCUT2D eigenvalue weighted by Crippen LogP contribution is -2.39. The molecule has 2 aromatic rings. The minimum atomic E-state index is -1.35. The summed E-state index contributed by atoms with van der Waals surface area (Å²) in [5, 5.41) is 21.4. The predicted octanol–water partition coefficient (Wildman–Crippen LogP) is 4.25. The zero-order chi connectivity index (χ0) is 20.3. The number of nitrogens with zero attached hydrogens (tertiary/aromatic N) is 3. The Morgan fingerprint density at radius 3 is 2.57 bits per heavy atom. The van der Waals surface area contributed by atoms with E-state index < -0.39 is 5.60 Å². The Balaban J connectivity index is 2.07. The molecule has 3 rings (SSSR count). The van der Waals surface area contributed by atoms with E-state index in [-0.39, 0.29) is 0 Å². The molecule has 0 saturated heterocycles. The minimum absolute atomic E-state index is 0.322. The number of nitriles is 1. The second-order valence-corrected chi connectivity index (χ2v) is 7.60. The average Bonchev–Trinajstić information content (AvgIpc) is 2.96. The van der Waals surface area contributed by atoms with Gasteiger partial charge in [0.2, 0.25) is 0 Å². The normalized spacial score (nSPS) is 18.2. The molecule has 5 nitrogen and oxygen atoms in total. The Bertz CT molecular complexity index is 896. The monoisotopic (exact) mass is 419 g/mol. The van der Waals surface area contributed by atoms with Crippen molar-refractivity contribution in [3.8, 4) is 12.0 Å². The first-order chi connectivity index (χ1) is 13.4. The van der Waals surface area contributed by atoms with Crippen LogP contribution in [-0.2, 0) is 5.60 Å². The maximum absolute atomic E-state index is 11.7. The minimum Gasteiger partial charge on any atom is -0.388 e. The van der Waals surface area contributed by atoms with Gasteiger partial charge >= 0.3 is 0 Å². The van der Waals surface area contributed by atoms with Gasteiger partial charge in [0.15, 0.2) is 0 Å². The van der Waals surface area contributed by atoms with E-state index in [2.05, 4.69) is 23.6 Å². The summed E-state index contributed by atoms with van der Waals surface area (Å²) in [5.41, 5.74) is 0.609. The summed E-state index contributed by atoms with van der Waals surface area (Å²) < 4.78 is 5.00. The van der Waals surface area contributed by atoms with Crippen molar-refractivity contribution in [1.82, 2.24) is 4.90 Å². The number of aliphatic hydroxyl groups is 1. The van der Waals surface area contributed by atoms with E-state index in [9.17, 15) is 5.11 Å². The molecule has 1 unspecified atom stereocenters. The molecule has 1 aliphatic rings. The summed E-state index contributed by atoms with van der Waals surface area (Å²) in [6, 6.07) is 10.6. The first-order valence-electron chi connectivity index (χ1n) is 9.29. The maximum atomic E-state index is 11.7. The van der Waals surface area contributed by atoms with Gasteiger partial charge in [-0.3, -0.25) is 0 Å². The molecule has 0 aliphatic carbocycles. The van der Waals surface area contributed by atoms with Crippen LogP contribution in [0.1, 0.15) is 25.0 Å². The molecule has 0 bridgehead atoms. The van der Waals surface area contributed by atoms with Crippen LogP contribution in [0.5, 0.6) is 5.75 Å². The van der Waals surface area contributed by atoms with E-state index in [4.69, 9.17) is 33.2 Å². The summed E-state index contributed by atoms with van der Waals surface area (Å²) in [6.07, 6.45) is 1.68. The molecule has 2 aromatic carbocycles. The molecule has 0 spiro atoms. The number of hydrogen-bond acceptors (Lipinski definition) is 5. The van der Waals surface area contributed by atoms with E-state index in [0.29, 0.717) is 40.0 Å². The van der Waals surface area contributed by atoms with Crippen LogP contribution in [0.15, 0.2) is 36.4 Å². The number of benzene rings is 2. The van der Waals surface area contributed by atoms with Gasteiger partial charge in [-0.1, -0.05) is 55.2 Å². The van der Waals surface area contributed by atoms with Crippen molar-refractivity contribution >= 4 is 28.9 Å². The van der Waals surface area contributed by atoms with E-state index in [1.807, 2.05) is 18.2 Å². The number of rotatable bonds is 7. The Kier molecular flexibility index (Phi) is 6.36. The van der Waals surface area contributed by atoms with Crippen molar-refractivity contribution in [2.75, 3.05) is 37.6 Å². The van der Waals surface area contributed by atoms with Crippen LogP contribution in [0.2, 0.25) is 10.0 Å². The largest absolute Gasteiger partial charge is 0.388 e. The number of fused-ring (bicyclic) bond motifs is 1. The number of anilines is 1. The first-order valence-corrected chi connectivity index (χ1v) is 10.0. The topological polar surface area (TPSA) is 59.7 Å². The van der Waals surface area contributed by atoms with Crippen LogP contribution in [0.25, 0.3) is 0 Å². The molecule has 0 radical (unpaired) electrons. The molecule has 0 fully saturated rings. The van der Waals surface area contributed by atoms with Gasteiger partial charge in [-0.2, -0.15) is 0 Å². The van der Waals surface area contributed by atoms with E-state index >= 15 is 0 Å². The number of likely N-dealkylation sites (N-methyl/N-ethyl adjacent to an activating group) is 1. The van der Waals surface area contributed by atoms with Crippen LogP contribution in [0, 0.1) is 11.5 Å². The Labute approximate surface area is 175 Å². The molecule has 0 saturated carbocycles. The molecule has 1 N–H and O–H groups in total. The molecule has 0 aromatic heterocycles. The lowest BCUT2D eigenvalue weighted by atomic mass is 9.88. The Morgan fingerprint density at radius 1 is 1.21 bits per heavy atom. The molecule has 1 aliphatic heterocycles. The first kappa shape index (κ1) is 20.8. The van der Waals surface area contributed by atoms with Gasteiger partial charge in [0.25, 0.3) is 6.26 Å². The lowest BCUT2D eigenvalue weighted by Gasteiger charge is -2.28. The standard InChI is InChI=1S/C21H23Cl2N3O2/c1-3-25(4-2)9-10-26-13-21(27,16-7-5-6-8-17(16)22)20-18(23)11-15(28-14-24)12-19(20)26/h5-8,11-12,27H,3-4,9-10,13H2,1-2H3. The van der Waals surface area contributed by atoms with Crippen molar-refractivity contribution in [2.45, 2.75) is 19.4 Å². The zero-order valence-corrected chi connectivity index (χ0v) is 17.5. The number of halogens is 2. The second-order valence-electron chi connectivity index (χ2n) is 6.78.